The molecule has 9 nitrogen and oxygen atoms in total. The molecule has 2 aliphatic heterocycles. The predicted octanol–water partition coefficient (Wildman–Crippen LogP) is 1.77. The van der Waals surface area contributed by atoms with Gasteiger partial charge in [0.05, 0.1) is 10.6 Å². The van der Waals surface area contributed by atoms with Gasteiger partial charge in [-0.25, -0.2) is 12.8 Å². The Bertz CT molecular complexity index is 1140. The number of hydrogen-bond acceptors (Lipinski definition) is 6. The van der Waals surface area contributed by atoms with Crippen LogP contribution in [0.2, 0.25) is 0 Å². The summed E-state index contributed by atoms with van der Waals surface area (Å²) in [4.78, 5) is 12.7. The van der Waals surface area contributed by atoms with Crippen LogP contribution in [0.3, 0.4) is 0 Å². The average molecular weight is 481 g/mol. The SMILES string of the molecule is O=C(NNC(=S)Nc1ccccc1F)[C@@H]1CCCN1S(=O)(=O)c1ccc2c(c1)OCCO2. The quantitative estimate of drug-likeness (QED) is 0.449. The summed E-state index contributed by atoms with van der Waals surface area (Å²) in [5, 5.41) is 2.59. The van der Waals surface area contributed by atoms with Crippen molar-refractivity contribution in [2.45, 2.75) is 23.8 Å². The van der Waals surface area contributed by atoms with Gasteiger partial charge < -0.3 is 14.8 Å². The molecular weight excluding hydrogens is 459 g/mol. The van der Waals surface area contributed by atoms with E-state index in [9.17, 15) is 17.6 Å². The zero-order valence-electron chi connectivity index (χ0n) is 16.8. The molecule has 4 rings (SSSR count). The smallest absolute Gasteiger partial charge is 0.256 e. The van der Waals surface area contributed by atoms with Crippen LogP contribution in [0.5, 0.6) is 11.5 Å². The zero-order valence-corrected chi connectivity index (χ0v) is 18.5. The maximum atomic E-state index is 13.7. The first kappa shape index (κ1) is 22.2. The van der Waals surface area contributed by atoms with Gasteiger partial charge in [0.1, 0.15) is 25.1 Å². The maximum Gasteiger partial charge on any atom is 0.256 e. The molecule has 2 heterocycles. The lowest BCUT2D eigenvalue weighted by Gasteiger charge is -2.25. The highest BCUT2D eigenvalue weighted by Crippen LogP contribution is 2.34. The third kappa shape index (κ3) is 4.61. The third-order valence-electron chi connectivity index (χ3n) is 5.05. The van der Waals surface area contributed by atoms with Crippen LogP contribution in [0.15, 0.2) is 47.4 Å². The Morgan fingerprint density at radius 3 is 2.62 bits per heavy atom. The van der Waals surface area contributed by atoms with Crippen LogP contribution in [0.25, 0.3) is 0 Å². The number of carbonyl (C=O) groups excluding carboxylic acids is 1. The van der Waals surface area contributed by atoms with Crippen molar-refractivity contribution in [1.82, 2.24) is 15.2 Å². The molecule has 1 fully saturated rings. The summed E-state index contributed by atoms with van der Waals surface area (Å²) in [6, 6.07) is 9.39. The fourth-order valence-corrected chi connectivity index (χ4v) is 5.36. The standard InChI is InChI=1S/C20H21FN4O5S2/c21-14-4-1-2-5-15(14)22-20(31)24-23-19(26)16-6-3-9-25(16)32(27,28)13-7-8-17-18(12-13)30-11-10-29-17/h1-2,4-5,7-8,12,16H,3,6,9-11H2,(H,23,26)(H2,22,24,31)/t16-/m0/s1. The van der Waals surface area contributed by atoms with Gasteiger partial charge in [0.15, 0.2) is 16.6 Å². The van der Waals surface area contributed by atoms with Crippen LogP contribution in [0.1, 0.15) is 12.8 Å². The lowest BCUT2D eigenvalue weighted by Crippen LogP contribution is -2.52. The fourth-order valence-electron chi connectivity index (χ4n) is 3.53. The van der Waals surface area contributed by atoms with Crippen molar-refractivity contribution in [3.63, 3.8) is 0 Å². The van der Waals surface area contributed by atoms with Gasteiger partial charge in [-0.1, -0.05) is 12.1 Å². The molecular formula is C20H21FN4O5S2. The Labute approximate surface area is 189 Å². The largest absolute Gasteiger partial charge is 0.486 e. The number of benzene rings is 2. The number of hydrazine groups is 1. The van der Waals surface area contributed by atoms with Crippen molar-refractivity contribution in [2.75, 3.05) is 25.1 Å². The molecule has 3 N–H and O–H groups in total. The molecule has 0 aliphatic carbocycles. The molecule has 0 radical (unpaired) electrons. The van der Waals surface area contributed by atoms with Crippen LogP contribution >= 0.6 is 12.2 Å². The third-order valence-corrected chi connectivity index (χ3v) is 7.16. The van der Waals surface area contributed by atoms with Crippen LogP contribution in [0.4, 0.5) is 10.1 Å². The van der Waals surface area contributed by atoms with Gasteiger partial charge >= 0.3 is 0 Å². The molecule has 1 amide bonds. The Balaban J connectivity index is 1.42. The Kier molecular flexibility index (Phi) is 6.44. The summed E-state index contributed by atoms with van der Waals surface area (Å²) in [5.41, 5.74) is 5.03. The van der Waals surface area contributed by atoms with Crippen LogP contribution in [-0.2, 0) is 14.8 Å². The molecule has 2 aliphatic rings. The summed E-state index contributed by atoms with van der Waals surface area (Å²) in [6.45, 7) is 0.929. The number of ether oxygens (including phenoxy) is 2. The number of halogens is 1. The van der Waals surface area contributed by atoms with Gasteiger partial charge in [-0.05, 0) is 49.3 Å². The number of thiocarbonyl (C=S) groups is 1. The number of nitrogens with zero attached hydrogens (tertiary/aromatic N) is 1. The lowest BCUT2D eigenvalue weighted by atomic mass is 10.2. The van der Waals surface area contributed by atoms with Crippen molar-refractivity contribution in [3.8, 4) is 11.5 Å². The second kappa shape index (κ2) is 9.27. The monoisotopic (exact) mass is 480 g/mol. The molecule has 0 spiro atoms. The minimum Gasteiger partial charge on any atom is -0.486 e. The van der Waals surface area contributed by atoms with Crippen molar-refractivity contribution in [1.29, 1.82) is 0 Å². The fraction of sp³-hybridized carbons (Fsp3) is 0.300. The first-order valence-corrected chi connectivity index (χ1v) is 11.7. The van der Waals surface area contributed by atoms with E-state index in [4.69, 9.17) is 21.7 Å². The number of para-hydroxylation sites is 1. The predicted molar refractivity (Wildman–Crippen MR) is 118 cm³/mol. The molecule has 170 valence electrons. The van der Waals surface area contributed by atoms with Crippen molar-refractivity contribution < 1.29 is 27.1 Å². The average Bonchev–Trinajstić information content (AvgIpc) is 3.30. The van der Waals surface area contributed by atoms with Gasteiger partial charge in [-0.15, -0.1) is 0 Å². The molecule has 32 heavy (non-hydrogen) atoms. The van der Waals surface area contributed by atoms with E-state index in [1.165, 1.54) is 30.3 Å². The van der Waals surface area contributed by atoms with Gasteiger partial charge in [0.2, 0.25) is 10.0 Å². The molecule has 2 aromatic rings. The minimum atomic E-state index is -3.95. The lowest BCUT2D eigenvalue weighted by molar-refractivity contribution is -0.124. The number of nitrogens with one attached hydrogen (secondary N) is 3. The normalized spacial score (nSPS) is 18.1. The molecule has 12 heteroatoms. The van der Waals surface area contributed by atoms with E-state index in [2.05, 4.69) is 16.2 Å². The Morgan fingerprint density at radius 1 is 1.09 bits per heavy atom. The van der Waals surface area contributed by atoms with E-state index >= 15 is 0 Å². The molecule has 0 saturated carbocycles. The molecule has 0 aromatic heterocycles. The van der Waals surface area contributed by atoms with Crippen LogP contribution in [0, 0.1) is 5.82 Å². The van der Waals surface area contributed by atoms with Crippen molar-refractivity contribution >= 4 is 38.9 Å². The molecule has 1 atom stereocenters. The number of amides is 1. The maximum absolute atomic E-state index is 13.7. The number of rotatable bonds is 4. The summed E-state index contributed by atoms with van der Waals surface area (Å²) in [7, 11) is -3.95. The van der Waals surface area contributed by atoms with Crippen molar-refractivity contribution in [2.24, 2.45) is 0 Å². The van der Waals surface area contributed by atoms with E-state index in [0.717, 1.165) is 4.31 Å². The highest BCUT2D eigenvalue weighted by atomic mass is 32.2. The summed E-state index contributed by atoms with van der Waals surface area (Å²) < 4.78 is 52.2. The van der Waals surface area contributed by atoms with E-state index in [1.54, 1.807) is 12.1 Å². The highest BCUT2D eigenvalue weighted by molar-refractivity contribution is 7.89. The molecule has 1 saturated heterocycles. The number of carbonyl (C=O) groups is 1. The number of anilines is 1. The first-order valence-electron chi connectivity index (χ1n) is 9.89. The van der Waals surface area contributed by atoms with E-state index in [0.29, 0.717) is 37.6 Å². The van der Waals surface area contributed by atoms with Gasteiger partial charge in [-0.2, -0.15) is 4.31 Å². The highest BCUT2D eigenvalue weighted by Gasteiger charge is 2.40. The molecule has 2 aromatic carbocycles. The second-order valence-corrected chi connectivity index (χ2v) is 9.43. The minimum absolute atomic E-state index is 0.0196. The number of fused-ring (bicyclic) bond motifs is 1. The van der Waals surface area contributed by atoms with E-state index < -0.39 is 27.8 Å². The van der Waals surface area contributed by atoms with Crippen molar-refractivity contribution in [3.05, 3.63) is 48.3 Å². The van der Waals surface area contributed by atoms with Gasteiger partial charge in [-0.3, -0.25) is 15.6 Å². The van der Waals surface area contributed by atoms with Gasteiger partial charge in [0, 0.05) is 12.6 Å². The van der Waals surface area contributed by atoms with Crippen LogP contribution in [-0.4, -0.2) is 49.5 Å². The summed E-state index contributed by atoms with van der Waals surface area (Å²) >= 11 is 5.06. The number of hydrogen-bond donors (Lipinski definition) is 3. The first-order chi connectivity index (χ1) is 15.4. The second-order valence-electron chi connectivity index (χ2n) is 7.13. The summed E-state index contributed by atoms with van der Waals surface area (Å²) in [5.74, 6) is -0.244. The Morgan fingerprint density at radius 2 is 1.84 bits per heavy atom. The Hall–Kier alpha value is -2.96. The summed E-state index contributed by atoms with van der Waals surface area (Å²) in [6.07, 6.45) is 0.880. The van der Waals surface area contributed by atoms with E-state index in [1.807, 2.05) is 0 Å². The molecule has 0 bridgehead atoms. The van der Waals surface area contributed by atoms with Crippen LogP contribution < -0.4 is 25.6 Å². The van der Waals surface area contributed by atoms with E-state index in [-0.39, 0.29) is 22.2 Å². The topological polar surface area (TPSA) is 109 Å². The van der Waals surface area contributed by atoms with Gasteiger partial charge in [0.25, 0.3) is 5.91 Å². The zero-order chi connectivity index (χ0) is 22.7. The molecule has 0 unspecified atom stereocenters. The number of sulfonamides is 1.